The molecule has 1 aliphatic rings. The van der Waals surface area contributed by atoms with Crippen molar-refractivity contribution < 1.29 is 19.1 Å². The van der Waals surface area contributed by atoms with Crippen LogP contribution in [0.25, 0.3) is 11.8 Å². The quantitative estimate of drug-likeness (QED) is 0.206. The Bertz CT molecular complexity index is 1590. The van der Waals surface area contributed by atoms with Crippen molar-refractivity contribution in [3.8, 4) is 22.9 Å². The third-order valence-corrected chi connectivity index (χ3v) is 7.99. The number of ether oxygens (including phenoxy) is 2. The van der Waals surface area contributed by atoms with Crippen LogP contribution in [0.15, 0.2) is 77.7 Å². The Morgan fingerprint density at radius 1 is 0.846 bits per heavy atom. The number of hydrogen-bond donors (Lipinski definition) is 0. The van der Waals surface area contributed by atoms with Crippen molar-refractivity contribution in [1.82, 2.24) is 9.47 Å². The molecule has 0 N–H and O–H groups in total. The molecule has 1 saturated heterocycles. The summed E-state index contributed by atoms with van der Waals surface area (Å²) in [5.74, 6) is 1.86. The number of halogens is 2. The maximum absolute atomic E-state index is 13.1. The Kier molecular flexibility index (Phi) is 7.75. The molecule has 5 rings (SSSR count). The van der Waals surface area contributed by atoms with Gasteiger partial charge < -0.3 is 14.0 Å². The number of carbonyl (C=O) groups excluding carboxylic acids is 2. The van der Waals surface area contributed by atoms with Gasteiger partial charge in [0.2, 0.25) is 0 Å². The standard InChI is InChI=1S/C30H24Cl2N2O4S/c1-18-14-21(16-28-29(35)33(30(36)39-28)17-20-4-13-26(31)27(32)15-20)19(2)34(18)22-5-7-24(8-6-22)38-25-11-9-23(37-3)10-12-25/h4-16H,17H2,1-3H3/b28-16-. The van der Waals surface area contributed by atoms with Gasteiger partial charge in [-0.1, -0.05) is 29.3 Å². The van der Waals surface area contributed by atoms with Gasteiger partial charge in [0.15, 0.2) is 0 Å². The fourth-order valence-corrected chi connectivity index (χ4v) is 5.52. The van der Waals surface area contributed by atoms with Crippen LogP contribution in [0, 0.1) is 13.8 Å². The van der Waals surface area contributed by atoms with Crippen molar-refractivity contribution in [3.05, 3.63) is 110 Å². The first-order chi connectivity index (χ1) is 18.7. The third kappa shape index (κ3) is 5.71. The SMILES string of the molecule is COc1ccc(Oc2ccc(-n3c(C)cc(/C=C4\SC(=O)N(Cc5ccc(Cl)c(Cl)c5)C4=O)c3C)cc2)cc1. The van der Waals surface area contributed by atoms with Crippen LogP contribution in [0.3, 0.4) is 0 Å². The highest BCUT2D eigenvalue weighted by Crippen LogP contribution is 2.35. The van der Waals surface area contributed by atoms with Crippen LogP contribution < -0.4 is 9.47 Å². The maximum atomic E-state index is 13.1. The first-order valence-electron chi connectivity index (χ1n) is 12.0. The van der Waals surface area contributed by atoms with Crippen molar-refractivity contribution in [1.29, 1.82) is 0 Å². The molecule has 0 unspecified atom stereocenters. The van der Waals surface area contributed by atoms with Crippen molar-refractivity contribution in [2.75, 3.05) is 7.11 Å². The van der Waals surface area contributed by atoms with Crippen LogP contribution in [0.5, 0.6) is 17.2 Å². The number of methoxy groups -OCH3 is 1. The average molecular weight is 580 g/mol. The third-order valence-electron chi connectivity index (χ3n) is 6.35. The fraction of sp³-hybridized carbons (Fsp3) is 0.133. The molecule has 39 heavy (non-hydrogen) atoms. The van der Waals surface area contributed by atoms with Crippen molar-refractivity contribution >= 4 is 52.2 Å². The van der Waals surface area contributed by atoms with Gasteiger partial charge in [-0.25, -0.2) is 0 Å². The summed E-state index contributed by atoms with van der Waals surface area (Å²) < 4.78 is 13.2. The average Bonchev–Trinajstić information content (AvgIpc) is 3.35. The summed E-state index contributed by atoms with van der Waals surface area (Å²) in [5, 5.41) is 0.479. The number of aryl methyl sites for hydroxylation is 1. The number of rotatable bonds is 7. The molecule has 0 bridgehead atoms. The first kappa shape index (κ1) is 26.9. The van der Waals surface area contributed by atoms with Gasteiger partial charge in [0.05, 0.1) is 28.6 Å². The first-order valence-corrected chi connectivity index (χ1v) is 13.6. The second-order valence-electron chi connectivity index (χ2n) is 8.95. The normalized spacial score (nSPS) is 14.4. The number of nitrogens with zero attached hydrogens (tertiary/aromatic N) is 2. The second kappa shape index (κ2) is 11.2. The van der Waals surface area contributed by atoms with Crippen LogP contribution in [0.4, 0.5) is 4.79 Å². The highest BCUT2D eigenvalue weighted by molar-refractivity contribution is 8.18. The molecule has 6 nitrogen and oxygen atoms in total. The van der Waals surface area contributed by atoms with E-state index in [-0.39, 0.29) is 17.7 Å². The Hall–Kier alpha value is -3.65. The van der Waals surface area contributed by atoms with E-state index >= 15 is 0 Å². The lowest BCUT2D eigenvalue weighted by atomic mass is 10.2. The van der Waals surface area contributed by atoms with Crippen LogP contribution >= 0.6 is 35.0 Å². The van der Waals surface area contributed by atoms with Crippen molar-refractivity contribution in [2.24, 2.45) is 0 Å². The lowest BCUT2D eigenvalue weighted by Gasteiger charge is -2.13. The largest absolute Gasteiger partial charge is 0.497 e. The Labute approximate surface area is 240 Å². The molecule has 9 heteroatoms. The Morgan fingerprint density at radius 3 is 2.13 bits per heavy atom. The molecule has 3 aromatic carbocycles. The number of thioether (sulfide) groups is 1. The van der Waals surface area contributed by atoms with Crippen molar-refractivity contribution in [2.45, 2.75) is 20.4 Å². The predicted molar refractivity (Wildman–Crippen MR) is 156 cm³/mol. The van der Waals surface area contributed by atoms with E-state index in [1.165, 1.54) is 4.90 Å². The summed E-state index contributed by atoms with van der Waals surface area (Å²) in [6, 6.07) is 22.3. The monoisotopic (exact) mass is 578 g/mol. The minimum atomic E-state index is -0.332. The molecule has 1 aromatic heterocycles. The van der Waals surface area contributed by atoms with E-state index in [0.717, 1.165) is 45.7 Å². The van der Waals surface area contributed by atoms with E-state index in [1.807, 2.05) is 68.4 Å². The smallest absolute Gasteiger partial charge is 0.293 e. The minimum absolute atomic E-state index is 0.128. The van der Waals surface area contributed by atoms with E-state index in [0.29, 0.717) is 26.4 Å². The summed E-state index contributed by atoms with van der Waals surface area (Å²) in [4.78, 5) is 27.4. The summed E-state index contributed by atoms with van der Waals surface area (Å²) >= 11 is 13.0. The molecule has 0 aliphatic carbocycles. The van der Waals surface area contributed by atoms with E-state index in [9.17, 15) is 9.59 Å². The lowest BCUT2D eigenvalue weighted by Crippen LogP contribution is -2.27. The van der Waals surface area contributed by atoms with E-state index in [4.69, 9.17) is 32.7 Å². The van der Waals surface area contributed by atoms with Crippen LogP contribution in [0.1, 0.15) is 22.5 Å². The van der Waals surface area contributed by atoms with E-state index < -0.39 is 0 Å². The molecule has 2 heterocycles. The maximum Gasteiger partial charge on any atom is 0.293 e. The number of carbonyl (C=O) groups is 2. The molecule has 0 radical (unpaired) electrons. The van der Waals surface area contributed by atoms with Crippen LogP contribution in [-0.4, -0.2) is 27.7 Å². The number of aromatic nitrogens is 1. The van der Waals surface area contributed by atoms with Crippen LogP contribution in [-0.2, 0) is 11.3 Å². The summed E-state index contributed by atoms with van der Waals surface area (Å²) in [7, 11) is 1.62. The molecule has 0 atom stereocenters. The zero-order chi connectivity index (χ0) is 27.7. The molecule has 1 aliphatic heterocycles. The lowest BCUT2D eigenvalue weighted by molar-refractivity contribution is -0.123. The van der Waals surface area contributed by atoms with Gasteiger partial charge in [-0.2, -0.15) is 0 Å². The number of hydrogen-bond acceptors (Lipinski definition) is 5. The molecule has 0 saturated carbocycles. The molecular weight excluding hydrogens is 555 g/mol. The minimum Gasteiger partial charge on any atom is -0.497 e. The fourth-order valence-electron chi connectivity index (χ4n) is 4.37. The van der Waals surface area contributed by atoms with Gasteiger partial charge in [-0.3, -0.25) is 14.5 Å². The Balaban J connectivity index is 1.34. The molecule has 0 spiro atoms. The molecular formula is C30H24Cl2N2O4S. The molecule has 4 aromatic rings. The van der Waals surface area contributed by atoms with Gasteiger partial charge in [-0.15, -0.1) is 0 Å². The van der Waals surface area contributed by atoms with Gasteiger partial charge in [0.25, 0.3) is 11.1 Å². The summed E-state index contributed by atoms with van der Waals surface area (Å²) in [5.41, 5.74) is 4.50. The Morgan fingerprint density at radius 2 is 1.49 bits per heavy atom. The summed E-state index contributed by atoms with van der Waals surface area (Å²) in [6.07, 6.45) is 1.78. The highest BCUT2D eigenvalue weighted by atomic mass is 35.5. The van der Waals surface area contributed by atoms with E-state index in [2.05, 4.69) is 4.57 Å². The zero-order valence-corrected chi connectivity index (χ0v) is 23.7. The van der Waals surface area contributed by atoms with Crippen molar-refractivity contribution in [3.63, 3.8) is 0 Å². The number of amides is 2. The van der Waals surface area contributed by atoms with E-state index in [1.54, 1.807) is 31.4 Å². The second-order valence-corrected chi connectivity index (χ2v) is 10.8. The molecule has 198 valence electrons. The zero-order valence-electron chi connectivity index (χ0n) is 21.4. The number of benzene rings is 3. The highest BCUT2D eigenvalue weighted by Gasteiger charge is 2.35. The topological polar surface area (TPSA) is 60.8 Å². The predicted octanol–water partition coefficient (Wildman–Crippen LogP) is 8.44. The van der Waals surface area contributed by atoms with Gasteiger partial charge in [0, 0.05) is 17.1 Å². The number of imide groups is 1. The molecule has 2 amide bonds. The van der Waals surface area contributed by atoms with Gasteiger partial charge in [-0.05, 0) is 110 Å². The van der Waals surface area contributed by atoms with Gasteiger partial charge >= 0.3 is 0 Å². The van der Waals surface area contributed by atoms with Gasteiger partial charge in [0.1, 0.15) is 17.2 Å². The molecule has 1 fully saturated rings. The summed E-state index contributed by atoms with van der Waals surface area (Å²) in [6.45, 7) is 4.12. The van der Waals surface area contributed by atoms with Crippen LogP contribution in [0.2, 0.25) is 10.0 Å².